The van der Waals surface area contributed by atoms with Crippen LogP contribution in [0, 0.1) is 28.6 Å². The lowest BCUT2D eigenvalue weighted by atomic mass is 9.40. The first-order valence-electron chi connectivity index (χ1n) is 19.0. The molecular weight excluding hydrogens is 640 g/mol. The van der Waals surface area contributed by atoms with Crippen LogP contribution in [0.5, 0.6) is 5.75 Å². The van der Waals surface area contributed by atoms with Gasteiger partial charge in [-0.05, 0) is 131 Å². The number of ether oxygens (including phenoxy) is 1. The van der Waals surface area contributed by atoms with E-state index in [1.165, 1.54) is 11.3 Å². The number of carbonyl (C=O) groups is 1. The Bertz CT molecular complexity index is 2070. The van der Waals surface area contributed by atoms with Gasteiger partial charge in [-0.3, -0.25) is 4.79 Å². The Morgan fingerprint density at radius 1 is 1.14 bits per heavy atom. The van der Waals surface area contributed by atoms with Gasteiger partial charge in [0, 0.05) is 44.8 Å². The molecule has 1 aliphatic heterocycles. The Labute approximate surface area is 301 Å². The summed E-state index contributed by atoms with van der Waals surface area (Å²) >= 11 is 0. The Morgan fingerprint density at radius 3 is 2.51 bits per heavy atom. The Balaban J connectivity index is 1.35. The number of rotatable bonds is 5. The summed E-state index contributed by atoms with van der Waals surface area (Å²) in [4.78, 5) is 12.9. The number of aliphatic hydroxyl groups excluding tert-OH is 3. The number of allylic oxidation sites excluding steroid dienone is 1. The van der Waals surface area contributed by atoms with E-state index in [4.69, 9.17) is 4.74 Å². The molecular formula is C43H56N2O6. The minimum absolute atomic E-state index is 0.0854. The van der Waals surface area contributed by atoms with E-state index in [1.54, 1.807) is 13.0 Å². The van der Waals surface area contributed by atoms with Crippen LogP contribution in [-0.4, -0.2) is 60.7 Å². The molecule has 0 radical (unpaired) electrons. The van der Waals surface area contributed by atoms with Gasteiger partial charge in [0.15, 0.2) is 0 Å². The predicted octanol–water partition coefficient (Wildman–Crippen LogP) is 6.96. The molecule has 1 amide bonds. The van der Waals surface area contributed by atoms with Crippen LogP contribution in [0.2, 0.25) is 0 Å². The van der Waals surface area contributed by atoms with Gasteiger partial charge in [-0.2, -0.15) is 0 Å². The minimum atomic E-state index is -0.841. The van der Waals surface area contributed by atoms with E-state index in [0.29, 0.717) is 18.0 Å². The molecule has 8 nitrogen and oxygen atoms in total. The summed E-state index contributed by atoms with van der Waals surface area (Å²) in [6, 6.07) is 1.94. The summed E-state index contributed by atoms with van der Waals surface area (Å²) in [6.45, 7) is 23.2. The number of amides is 1. The molecule has 2 saturated carbocycles. The lowest BCUT2D eigenvalue weighted by Crippen LogP contribution is -2.62. The maximum atomic E-state index is 12.9. The van der Waals surface area contributed by atoms with Crippen molar-refractivity contribution in [1.29, 1.82) is 0 Å². The molecule has 2 aromatic heterocycles. The molecule has 3 heterocycles. The van der Waals surface area contributed by atoms with Crippen molar-refractivity contribution in [2.24, 2.45) is 28.6 Å². The Morgan fingerprint density at radius 2 is 1.84 bits per heavy atom. The molecule has 1 aromatic carbocycles. The van der Waals surface area contributed by atoms with Crippen molar-refractivity contribution < 1.29 is 30.0 Å². The van der Waals surface area contributed by atoms with E-state index < -0.39 is 28.8 Å². The van der Waals surface area contributed by atoms with Crippen molar-refractivity contribution >= 4 is 33.3 Å². The van der Waals surface area contributed by atoms with Crippen molar-refractivity contribution in [3.8, 4) is 5.75 Å². The highest BCUT2D eigenvalue weighted by molar-refractivity contribution is 6.11. The van der Waals surface area contributed by atoms with E-state index in [2.05, 4.69) is 76.9 Å². The topological polar surface area (TPSA) is 124 Å². The van der Waals surface area contributed by atoms with Gasteiger partial charge in [0.1, 0.15) is 5.75 Å². The van der Waals surface area contributed by atoms with Crippen molar-refractivity contribution in [3.05, 3.63) is 59.0 Å². The van der Waals surface area contributed by atoms with Gasteiger partial charge in [-0.15, -0.1) is 0 Å². The third kappa shape index (κ3) is 4.31. The number of nitrogens with one attached hydrogen (secondary N) is 1. The van der Waals surface area contributed by atoms with Gasteiger partial charge < -0.3 is 34.9 Å². The number of carbonyl (C=O) groups excluding carboxylic acids is 1. The average molecular weight is 697 g/mol. The molecule has 5 aliphatic rings. The van der Waals surface area contributed by atoms with Crippen LogP contribution in [0.15, 0.2) is 30.9 Å². The highest BCUT2D eigenvalue weighted by Crippen LogP contribution is 2.71. The average Bonchev–Trinajstić information content (AvgIpc) is 3.70. The van der Waals surface area contributed by atoms with E-state index in [1.807, 2.05) is 13.0 Å². The standard InChI is InChI=1S/C43H56N2O6/c1-21(2)34-37(50)32-31-24(27-19-39(4,5)51-40(6,7)33(27)36(31)49)18-25-26-17-23-11-12-28-41(8,15-14-30(48)44-22(3)20-46)29(47)13-16-42(28,9)43(23,10)38(26)45(34)35(25)32/h14-15,18-19,22-23,28-29,33,36,46-47,49-50H,1,11-13,16-17,20H2,2-10H3,(H,44,48)/t22-,23?,28+,29+,33?,36-,41+,42+,43-/m1/s1. The van der Waals surface area contributed by atoms with Gasteiger partial charge in [0.25, 0.3) is 0 Å². The van der Waals surface area contributed by atoms with Gasteiger partial charge in [0.2, 0.25) is 5.91 Å². The smallest absolute Gasteiger partial charge is 0.243 e. The number of nitrogens with zero attached hydrogens (tertiary/aromatic N) is 1. The fraction of sp³-hybridized carbons (Fsp3) is 0.605. The van der Waals surface area contributed by atoms with Crippen molar-refractivity contribution in [3.63, 3.8) is 0 Å². The summed E-state index contributed by atoms with van der Waals surface area (Å²) in [7, 11) is 0. The minimum Gasteiger partial charge on any atom is -0.505 e. The fourth-order valence-electron chi connectivity index (χ4n) is 12.5. The van der Waals surface area contributed by atoms with Gasteiger partial charge in [-0.25, -0.2) is 0 Å². The van der Waals surface area contributed by atoms with Crippen LogP contribution in [0.3, 0.4) is 0 Å². The second kappa shape index (κ2) is 10.7. The number of fused-ring (bicyclic) bond motifs is 11. The zero-order valence-electron chi connectivity index (χ0n) is 31.8. The Hall–Kier alpha value is -3.17. The number of hydrogen-bond acceptors (Lipinski definition) is 6. The molecule has 2 fully saturated rings. The number of aromatic hydroxyl groups is 1. The molecule has 0 spiro atoms. The zero-order chi connectivity index (χ0) is 37.0. The van der Waals surface area contributed by atoms with Gasteiger partial charge in [-0.1, -0.05) is 33.4 Å². The first-order valence-corrected chi connectivity index (χ1v) is 19.0. The first kappa shape index (κ1) is 34.9. The van der Waals surface area contributed by atoms with Gasteiger partial charge in [0.05, 0.1) is 41.2 Å². The molecule has 0 saturated heterocycles. The molecule has 9 atom stereocenters. The van der Waals surface area contributed by atoms with Crippen LogP contribution in [-0.2, 0) is 21.4 Å². The largest absolute Gasteiger partial charge is 0.505 e. The fourth-order valence-corrected chi connectivity index (χ4v) is 12.5. The number of hydrogen-bond donors (Lipinski definition) is 5. The maximum Gasteiger partial charge on any atom is 0.243 e. The normalized spacial score (nSPS) is 36.8. The monoisotopic (exact) mass is 696 g/mol. The van der Waals surface area contributed by atoms with E-state index >= 15 is 0 Å². The summed E-state index contributed by atoms with van der Waals surface area (Å²) in [5, 5.41) is 50.3. The van der Waals surface area contributed by atoms with Crippen LogP contribution in [0.4, 0.5) is 0 Å². The zero-order valence-corrected chi connectivity index (χ0v) is 31.8. The third-order valence-electron chi connectivity index (χ3n) is 14.7. The summed E-state index contributed by atoms with van der Waals surface area (Å²) in [5.41, 5.74) is 5.52. The highest BCUT2D eigenvalue weighted by atomic mass is 16.5. The molecule has 4 aliphatic carbocycles. The number of aromatic nitrogens is 1. The molecule has 3 aromatic rings. The number of aliphatic hydroxyl groups is 3. The summed E-state index contributed by atoms with van der Waals surface area (Å²) in [6.07, 6.45) is 8.51. The van der Waals surface area contributed by atoms with Crippen LogP contribution in [0.25, 0.3) is 27.4 Å². The molecule has 274 valence electrons. The molecule has 0 bridgehead atoms. The molecule has 5 N–H and O–H groups in total. The summed E-state index contributed by atoms with van der Waals surface area (Å²) < 4.78 is 8.84. The van der Waals surface area contributed by atoms with Crippen molar-refractivity contribution in [2.75, 3.05) is 6.61 Å². The second-order valence-corrected chi connectivity index (χ2v) is 18.6. The third-order valence-corrected chi connectivity index (χ3v) is 14.7. The van der Waals surface area contributed by atoms with E-state index in [9.17, 15) is 25.2 Å². The quantitative estimate of drug-likeness (QED) is 0.184. The van der Waals surface area contributed by atoms with Crippen molar-refractivity contribution in [2.45, 2.75) is 129 Å². The Kier molecular flexibility index (Phi) is 7.33. The van der Waals surface area contributed by atoms with Crippen LogP contribution in [0.1, 0.15) is 122 Å². The van der Waals surface area contributed by atoms with Crippen LogP contribution < -0.4 is 5.32 Å². The van der Waals surface area contributed by atoms with Gasteiger partial charge >= 0.3 is 0 Å². The second-order valence-electron chi connectivity index (χ2n) is 18.6. The lowest BCUT2D eigenvalue weighted by Gasteiger charge is -2.64. The van der Waals surface area contributed by atoms with E-state index in [-0.39, 0.29) is 47.0 Å². The summed E-state index contributed by atoms with van der Waals surface area (Å²) in [5.74, 6) is 0.0904. The number of benzene rings is 1. The maximum absolute atomic E-state index is 12.9. The molecule has 8 rings (SSSR count). The predicted molar refractivity (Wildman–Crippen MR) is 201 cm³/mol. The van der Waals surface area contributed by atoms with Crippen molar-refractivity contribution in [1.82, 2.24) is 9.72 Å². The lowest BCUT2D eigenvalue weighted by molar-refractivity contribution is -0.144. The SMILES string of the molecule is C=C(C)c1c(O)c2c3c(cc4c5c(n1c42)[C@@]1(C)C(CC[C@H]2[C@](C)(C=CC(=O)N[C@H](C)CO)[C@@H](O)CC[C@@]21C)C5)C1=CC(C)(C)OC(C)(C)C1[C@@H]3O. The molecule has 8 heteroatoms. The van der Waals surface area contributed by atoms with Crippen LogP contribution >= 0.6 is 0 Å². The van der Waals surface area contributed by atoms with E-state index in [0.717, 1.165) is 64.2 Å². The highest BCUT2D eigenvalue weighted by Gasteiger charge is 2.67. The molecule has 51 heavy (non-hydrogen) atoms. The first-order chi connectivity index (χ1) is 23.7. The molecule has 2 unspecified atom stereocenters.